The molecule has 0 bridgehead atoms. The van der Waals surface area contributed by atoms with Gasteiger partial charge in [0.2, 0.25) is 0 Å². The first kappa shape index (κ1) is 21.6. The van der Waals surface area contributed by atoms with Gasteiger partial charge in [-0.05, 0) is 24.7 Å². The molecule has 8 heteroatoms. The Hall–Kier alpha value is -3.10. The standard InChI is InChI=1S/C22H22N2O4S2/c1-13-18(14-8-6-5-7-9-14)19(21(25)28-4)20(30-13)24-22(29)23-15-10-16(26-2)12-17(11-15)27-3/h5-12H,1-4H3,(H2,23,24,29). The number of anilines is 2. The average molecular weight is 443 g/mol. The maximum Gasteiger partial charge on any atom is 0.341 e. The van der Waals surface area contributed by atoms with Crippen LogP contribution < -0.4 is 20.1 Å². The number of esters is 1. The van der Waals surface area contributed by atoms with E-state index in [0.29, 0.717) is 32.9 Å². The zero-order valence-corrected chi connectivity index (χ0v) is 18.7. The van der Waals surface area contributed by atoms with Crippen LogP contribution in [0.1, 0.15) is 15.2 Å². The van der Waals surface area contributed by atoms with Crippen molar-refractivity contribution in [3.05, 3.63) is 59.0 Å². The van der Waals surface area contributed by atoms with Crippen LogP contribution >= 0.6 is 23.6 Å². The van der Waals surface area contributed by atoms with E-state index < -0.39 is 5.97 Å². The number of methoxy groups -OCH3 is 3. The van der Waals surface area contributed by atoms with Crippen molar-refractivity contribution in [1.29, 1.82) is 0 Å². The highest BCUT2D eigenvalue weighted by atomic mass is 32.1. The average Bonchev–Trinajstić information content (AvgIpc) is 3.08. The fraction of sp³-hybridized carbons (Fsp3) is 0.182. The number of hydrogen-bond acceptors (Lipinski definition) is 6. The summed E-state index contributed by atoms with van der Waals surface area (Å²) in [6, 6.07) is 15.1. The van der Waals surface area contributed by atoms with Gasteiger partial charge in [0.25, 0.3) is 0 Å². The molecule has 30 heavy (non-hydrogen) atoms. The fourth-order valence-corrected chi connectivity index (χ4v) is 4.38. The van der Waals surface area contributed by atoms with Crippen LogP contribution in [0.15, 0.2) is 48.5 Å². The SMILES string of the molecule is COC(=O)c1c(NC(=S)Nc2cc(OC)cc(OC)c2)sc(C)c1-c1ccccc1. The van der Waals surface area contributed by atoms with Crippen LogP contribution in [-0.4, -0.2) is 32.4 Å². The van der Waals surface area contributed by atoms with Gasteiger partial charge in [-0.2, -0.15) is 0 Å². The summed E-state index contributed by atoms with van der Waals surface area (Å²) in [7, 11) is 4.53. The Morgan fingerprint density at radius 2 is 1.60 bits per heavy atom. The van der Waals surface area contributed by atoms with Gasteiger partial charge < -0.3 is 24.8 Å². The molecule has 2 N–H and O–H groups in total. The predicted octanol–water partition coefficient (Wildman–Crippen LogP) is 5.34. The van der Waals surface area contributed by atoms with Crippen LogP contribution in [0.3, 0.4) is 0 Å². The van der Waals surface area contributed by atoms with E-state index in [0.717, 1.165) is 16.0 Å². The summed E-state index contributed by atoms with van der Waals surface area (Å²) in [6.07, 6.45) is 0. The Kier molecular flexibility index (Phi) is 6.91. The maximum absolute atomic E-state index is 12.6. The zero-order valence-electron chi connectivity index (χ0n) is 17.1. The number of hydrogen-bond donors (Lipinski definition) is 2. The number of nitrogens with one attached hydrogen (secondary N) is 2. The van der Waals surface area contributed by atoms with Crippen LogP contribution in [0.25, 0.3) is 11.1 Å². The smallest absolute Gasteiger partial charge is 0.341 e. The highest BCUT2D eigenvalue weighted by molar-refractivity contribution is 7.80. The first-order valence-electron chi connectivity index (χ1n) is 9.05. The number of benzene rings is 2. The minimum absolute atomic E-state index is 0.330. The van der Waals surface area contributed by atoms with Gasteiger partial charge in [-0.1, -0.05) is 30.3 Å². The summed E-state index contributed by atoms with van der Waals surface area (Å²) in [5, 5.41) is 7.19. The second kappa shape index (κ2) is 9.60. The molecule has 0 radical (unpaired) electrons. The summed E-state index contributed by atoms with van der Waals surface area (Å²) in [5.74, 6) is 0.841. The van der Waals surface area contributed by atoms with Crippen LogP contribution in [-0.2, 0) is 4.74 Å². The second-order valence-corrected chi connectivity index (χ2v) is 7.91. The highest BCUT2D eigenvalue weighted by Gasteiger charge is 2.24. The van der Waals surface area contributed by atoms with E-state index in [2.05, 4.69) is 10.6 Å². The van der Waals surface area contributed by atoms with Crippen molar-refractivity contribution in [2.24, 2.45) is 0 Å². The molecule has 0 atom stereocenters. The molecule has 0 amide bonds. The summed E-state index contributed by atoms with van der Waals surface area (Å²) in [6.45, 7) is 1.97. The van der Waals surface area contributed by atoms with Crippen molar-refractivity contribution in [2.75, 3.05) is 32.0 Å². The van der Waals surface area contributed by atoms with Gasteiger partial charge >= 0.3 is 5.97 Å². The minimum Gasteiger partial charge on any atom is -0.497 e. The Morgan fingerprint density at radius 1 is 0.967 bits per heavy atom. The lowest BCUT2D eigenvalue weighted by molar-refractivity contribution is 0.0603. The molecule has 0 aliphatic rings. The van der Waals surface area contributed by atoms with Gasteiger partial charge in [-0.15, -0.1) is 11.3 Å². The molecule has 0 saturated carbocycles. The zero-order chi connectivity index (χ0) is 21.7. The first-order valence-corrected chi connectivity index (χ1v) is 10.3. The van der Waals surface area contributed by atoms with Crippen LogP contribution in [0.5, 0.6) is 11.5 Å². The highest BCUT2D eigenvalue weighted by Crippen LogP contribution is 2.40. The van der Waals surface area contributed by atoms with Crippen molar-refractivity contribution in [3.8, 4) is 22.6 Å². The maximum atomic E-state index is 12.6. The van der Waals surface area contributed by atoms with Gasteiger partial charge in [-0.25, -0.2) is 4.79 Å². The number of carbonyl (C=O) groups is 1. The molecule has 0 spiro atoms. The van der Waals surface area contributed by atoms with E-state index in [4.69, 9.17) is 26.4 Å². The Morgan fingerprint density at radius 3 is 2.17 bits per heavy atom. The molecule has 0 saturated heterocycles. The molecular weight excluding hydrogens is 420 g/mol. The fourth-order valence-electron chi connectivity index (χ4n) is 3.03. The summed E-state index contributed by atoms with van der Waals surface area (Å²) < 4.78 is 15.6. The lowest BCUT2D eigenvalue weighted by Crippen LogP contribution is -2.20. The number of carbonyl (C=O) groups excluding carboxylic acids is 1. The lowest BCUT2D eigenvalue weighted by atomic mass is 10.0. The first-order chi connectivity index (χ1) is 14.5. The molecule has 0 aliphatic heterocycles. The third kappa shape index (κ3) is 4.72. The number of aryl methyl sites for hydroxylation is 1. The largest absolute Gasteiger partial charge is 0.497 e. The van der Waals surface area contributed by atoms with Gasteiger partial charge in [0, 0.05) is 34.3 Å². The van der Waals surface area contributed by atoms with E-state index in [-0.39, 0.29) is 0 Å². The van der Waals surface area contributed by atoms with Gasteiger partial charge in [0.15, 0.2) is 5.11 Å². The molecule has 1 aromatic heterocycles. The molecule has 0 fully saturated rings. The molecule has 1 heterocycles. The molecule has 156 valence electrons. The van der Waals surface area contributed by atoms with Gasteiger partial charge in [0.05, 0.1) is 21.3 Å². The number of thiocarbonyl (C=S) groups is 1. The molecule has 2 aromatic carbocycles. The van der Waals surface area contributed by atoms with Crippen molar-refractivity contribution < 1.29 is 19.0 Å². The number of ether oxygens (including phenoxy) is 3. The van der Waals surface area contributed by atoms with Crippen molar-refractivity contribution in [1.82, 2.24) is 0 Å². The molecule has 0 aliphatic carbocycles. The van der Waals surface area contributed by atoms with Crippen LogP contribution in [0.2, 0.25) is 0 Å². The van der Waals surface area contributed by atoms with E-state index in [1.165, 1.54) is 18.4 Å². The van der Waals surface area contributed by atoms with E-state index in [9.17, 15) is 4.79 Å². The van der Waals surface area contributed by atoms with Crippen molar-refractivity contribution >= 4 is 45.3 Å². The predicted molar refractivity (Wildman–Crippen MR) is 125 cm³/mol. The van der Waals surface area contributed by atoms with E-state index in [1.807, 2.05) is 37.3 Å². The monoisotopic (exact) mass is 442 g/mol. The molecular formula is C22H22N2O4S2. The van der Waals surface area contributed by atoms with Gasteiger partial charge in [0.1, 0.15) is 22.1 Å². The summed E-state index contributed by atoms with van der Waals surface area (Å²) >= 11 is 6.92. The van der Waals surface area contributed by atoms with E-state index in [1.54, 1.807) is 32.4 Å². The van der Waals surface area contributed by atoms with Crippen LogP contribution in [0, 0.1) is 6.92 Å². The van der Waals surface area contributed by atoms with Crippen molar-refractivity contribution in [3.63, 3.8) is 0 Å². The molecule has 0 unspecified atom stereocenters. The molecule has 3 rings (SSSR count). The minimum atomic E-state index is -0.424. The topological polar surface area (TPSA) is 68.8 Å². The second-order valence-electron chi connectivity index (χ2n) is 6.28. The third-order valence-electron chi connectivity index (χ3n) is 4.37. The van der Waals surface area contributed by atoms with E-state index >= 15 is 0 Å². The normalized spacial score (nSPS) is 10.3. The quantitative estimate of drug-likeness (QED) is 0.395. The van der Waals surface area contributed by atoms with Gasteiger partial charge in [-0.3, -0.25) is 0 Å². The molecule has 3 aromatic rings. The van der Waals surface area contributed by atoms with Crippen molar-refractivity contribution in [2.45, 2.75) is 6.92 Å². The van der Waals surface area contributed by atoms with Crippen LogP contribution in [0.4, 0.5) is 10.7 Å². The summed E-state index contributed by atoms with van der Waals surface area (Å²) in [5.41, 5.74) is 2.93. The summed E-state index contributed by atoms with van der Waals surface area (Å²) in [4.78, 5) is 13.6. The Balaban J connectivity index is 1.91. The number of thiophene rings is 1. The lowest BCUT2D eigenvalue weighted by Gasteiger charge is -2.13. The molecule has 6 nitrogen and oxygen atoms in total. The number of rotatable bonds is 6. The Labute approximate surface area is 184 Å². The third-order valence-corrected chi connectivity index (χ3v) is 5.60. The Bertz CT molecular complexity index is 1040.